The number of carboxylic acid groups (broad SMARTS) is 1. The summed E-state index contributed by atoms with van der Waals surface area (Å²) in [6, 6.07) is 5.51. The van der Waals surface area contributed by atoms with E-state index in [2.05, 4.69) is 10.3 Å². The summed E-state index contributed by atoms with van der Waals surface area (Å²) in [5, 5.41) is 11.5. The Labute approximate surface area is 107 Å². The lowest BCUT2D eigenvalue weighted by molar-refractivity contribution is 0.194. The van der Waals surface area contributed by atoms with Gasteiger partial charge in [-0.05, 0) is 18.2 Å². The highest BCUT2D eigenvalue weighted by Crippen LogP contribution is 2.32. The van der Waals surface area contributed by atoms with Crippen LogP contribution in [-0.2, 0) is 6.54 Å². The maximum absolute atomic E-state index is 10.4. The van der Waals surface area contributed by atoms with Gasteiger partial charge in [0.25, 0.3) is 0 Å². The average molecular weight is 269 g/mol. The van der Waals surface area contributed by atoms with Crippen molar-refractivity contribution in [2.45, 2.75) is 6.54 Å². The second-order valence-corrected chi connectivity index (χ2v) is 4.86. The third-order valence-corrected chi connectivity index (χ3v) is 3.56. The summed E-state index contributed by atoms with van der Waals surface area (Å²) in [5.41, 5.74) is 0.862. The summed E-state index contributed by atoms with van der Waals surface area (Å²) >= 11 is 7.54. The molecule has 6 heteroatoms. The van der Waals surface area contributed by atoms with Crippen molar-refractivity contribution in [3.05, 3.63) is 40.5 Å². The van der Waals surface area contributed by atoms with Gasteiger partial charge in [0.2, 0.25) is 0 Å². The minimum atomic E-state index is -1.03. The molecular weight excluding hydrogens is 260 g/mol. The molecule has 0 aliphatic carbocycles. The van der Waals surface area contributed by atoms with Crippen LogP contribution in [0.4, 0.5) is 4.79 Å². The second kappa shape index (κ2) is 5.16. The monoisotopic (exact) mass is 268 g/mol. The Morgan fingerprint density at radius 3 is 3.00 bits per heavy atom. The van der Waals surface area contributed by atoms with Crippen LogP contribution in [0.1, 0.15) is 4.88 Å². The summed E-state index contributed by atoms with van der Waals surface area (Å²) in [7, 11) is 0. The van der Waals surface area contributed by atoms with Gasteiger partial charge in [-0.25, -0.2) is 4.79 Å². The molecule has 0 aliphatic heterocycles. The fourth-order valence-corrected chi connectivity index (χ4v) is 2.57. The molecule has 2 aromatic heterocycles. The zero-order valence-electron chi connectivity index (χ0n) is 8.68. The number of hydrogen-bond acceptors (Lipinski definition) is 3. The van der Waals surface area contributed by atoms with Gasteiger partial charge in [0, 0.05) is 27.7 Å². The number of aromatic nitrogens is 1. The highest BCUT2D eigenvalue weighted by atomic mass is 35.5. The number of amides is 1. The molecule has 0 radical (unpaired) electrons. The van der Waals surface area contributed by atoms with Crippen molar-refractivity contribution in [1.29, 1.82) is 0 Å². The molecular formula is C11H9ClN2O2S. The van der Waals surface area contributed by atoms with Crippen LogP contribution in [0, 0.1) is 0 Å². The zero-order chi connectivity index (χ0) is 12.3. The minimum Gasteiger partial charge on any atom is -0.465 e. The molecule has 0 aliphatic rings. The average Bonchev–Trinajstić information content (AvgIpc) is 2.75. The molecule has 0 aromatic carbocycles. The van der Waals surface area contributed by atoms with Crippen LogP contribution in [0.3, 0.4) is 0 Å². The molecule has 0 bridgehead atoms. The van der Waals surface area contributed by atoms with Crippen molar-refractivity contribution < 1.29 is 9.90 Å². The molecule has 17 heavy (non-hydrogen) atoms. The van der Waals surface area contributed by atoms with E-state index in [1.807, 2.05) is 12.1 Å². The number of thiophene rings is 1. The molecule has 0 atom stereocenters. The van der Waals surface area contributed by atoms with Crippen LogP contribution < -0.4 is 5.32 Å². The Hall–Kier alpha value is -1.59. The topological polar surface area (TPSA) is 62.2 Å². The van der Waals surface area contributed by atoms with Crippen LogP contribution in [0.5, 0.6) is 0 Å². The first-order valence-electron chi connectivity index (χ1n) is 4.82. The normalized spacial score (nSPS) is 10.2. The second-order valence-electron chi connectivity index (χ2n) is 3.28. The highest BCUT2D eigenvalue weighted by molar-refractivity contribution is 7.15. The van der Waals surface area contributed by atoms with Crippen LogP contribution in [0.2, 0.25) is 5.02 Å². The zero-order valence-corrected chi connectivity index (χ0v) is 10.3. The smallest absolute Gasteiger partial charge is 0.404 e. The fourth-order valence-electron chi connectivity index (χ4n) is 1.34. The molecule has 1 amide bonds. The van der Waals surface area contributed by atoms with Crippen molar-refractivity contribution >= 4 is 29.0 Å². The Kier molecular flexibility index (Phi) is 3.61. The van der Waals surface area contributed by atoms with Gasteiger partial charge >= 0.3 is 6.09 Å². The van der Waals surface area contributed by atoms with Crippen LogP contribution >= 0.6 is 22.9 Å². The molecule has 2 N–H and O–H groups in total. The fraction of sp³-hybridized carbons (Fsp3) is 0.0909. The van der Waals surface area contributed by atoms with E-state index in [1.165, 1.54) is 11.3 Å². The molecule has 4 nitrogen and oxygen atoms in total. The number of pyridine rings is 1. The van der Waals surface area contributed by atoms with E-state index in [-0.39, 0.29) is 0 Å². The van der Waals surface area contributed by atoms with Crippen molar-refractivity contribution in [3.63, 3.8) is 0 Å². The maximum atomic E-state index is 10.4. The van der Waals surface area contributed by atoms with E-state index in [0.29, 0.717) is 11.6 Å². The van der Waals surface area contributed by atoms with Gasteiger partial charge in [0.1, 0.15) is 0 Å². The number of nitrogens with zero attached hydrogens (tertiary/aromatic N) is 1. The van der Waals surface area contributed by atoms with E-state index in [9.17, 15) is 4.79 Å². The molecule has 2 rings (SSSR count). The molecule has 0 unspecified atom stereocenters. The van der Waals surface area contributed by atoms with E-state index >= 15 is 0 Å². The maximum Gasteiger partial charge on any atom is 0.404 e. The molecule has 0 spiro atoms. The number of rotatable bonds is 3. The predicted octanol–water partition coefficient (Wildman–Crippen LogP) is 3.23. The van der Waals surface area contributed by atoms with Crippen LogP contribution in [0.15, 0.2) is 30.6 Å². The quantitative estimate of drug-likeness (QED) is 0.898. The van der Waals surface area contributed by atoms with Gasteiger partial charge in [-0.3, -0.25) is 4.98 Å². The molecule has 0 saturated heterocycles. The van der Waals surface area contributed by atoms with Gasteiger partial charge in [-0.1, -0.05) is 11.6 Å². The van der Waals surface area contributed by atoms with Gasteiger partial charge in [0.15, 0.2) is 0 Å². The lowest BCUT2D eigenvalue weighted by Crippen LogP contribution is -2.19. The number of carbonyl (C=O) groups is 1. The molecule has 0 fully saturated rings. The third kappa shape index (κ3) is 2.95. The lowest BCUT2D eigenvalue weighted by atomic mass is 10.2. The first-order valence-corrected chi connectivity index (χ1v) is 6.01. The van der Waals surface area contributed by atoms with Crippen molar-refractivity contribution in [3.8, 4) is 10.4 Å². The van der Waals surface area contributed by atoms with Gasteiger partial charge < -0.3 is 10.4 Å². The number of hydrogen-bond donors (Lipinski definition) is 2. The molecule has 88 valence electrons. The number of nitrogens with one attached hydrogen (secondary N) is 1. The van der Waals surface area contributed by atoms with E-state index < -0.39 is 6.09 Å². The highest BCUT2D eigenvalue weighted by Gasteiger charge is 2.07. The molecule has 2 aromatic rings. The summed E-state index contributed by atoms with van der Waals surface area (Å²) in [4.78, 5) is 16.3. The largest absolute Gasteiger partial charge is 0.465 e. The molecule has 2 heterocycles. The first kappa shape index (κ1) is 11.9. The van der Waals surface area contributed by atoms with E-state index in [4.69, 9.17) is 16.7 Å². The van der Waals surface area contributed by atoms with Crippen LogP contribution in [-0.4, -0.2) is 16.2 Å². The third-order valence-electron chi connectivity index (χ3n) is 2.11. The van der Waals surface area contributed by atoms with E-state index in [1.54, 1.807) is 18.5 Å². The minimum absolute atomic E-state index is 0.303. The first-order chi connectivity index (χ1) is 8.16. The summed E-state index contributed by atoms with van der Waals surface area (Å²) in [6.45, 7) is 0.303. The summed E-state index contributed by atoms with van der Waals surface area (Å²) in [5.74, 6) is 0. The van der Waals surface area contributed by atoms with Crippen molar-refractivity contribution in [2.75, 3.05) is 0 Å². The van der Waals surface area contributed by atoms with Crippen LogP contribution in [0.25, 0.3) is 10.4 Å². The summed E-state index contributed by atoms with van der Waals surface area (Å²) in [6.07, 6.45) is 2.30. The Morgan fingerprint density at radius 1 is 1.47 bits per heavy atom. The SMILES string of the molecule is O=C(O)NCc1ccc(-c2cnccc2Cl)s1. The van der Waals surface area contributed by atoms with Gasteiger partial charge in [0.05, 0.1) is 11.6 Å². The van der Waals surface area contributed by atoms with Gasteiger partial charge in [-0.2, -0.15) is 0 Å². The Balaban J connectivity index is 2.18. The van der Waals surface area contributed by atoms with Crippen molar-refractivity contribution in [1.82, 2.24) is 10.3 Å². The van der Waals surface area contributed by atoms with Crippen molar-refractivity contribution in [2.24, 2.45) is 0 Å². The van der Waals surface area contributed by atoms with E-state index in [0.717, 1.165) is 15.3 Å². The lowest BCUT2D eigenvalue weighted by Gasteiger charge is -1.99. The predicted molar refractivity (Wildman–Crippen MR) is 67.4 cm³/mol. The Bertz CT molecular complexity index is 542. The van der Waals surface area contributed by atoms with Gasteiger partial charge in [-0.15, -0.1) is 11.3 Å². The number of halogens is 1. The Morgan fingerprint density at radius 2 is 2.29 bits per heavy atom. The standard InChI is InChI=1S/C11H9ClN2O2S/c12-9-3-4-13-6-8(9)10-2-1-7(17-10)5-14-11(15)16/h1-4,6,14H,5H2,(H,15,16). The summed E-state index contributed by atoms with van der Waals surface area (Å²) < 4.78 is 0. The molecule has 0 saturated carbocycles.